The summed E-state index contributed by atoms with van der Waals surface area (Å²) in [5.41, 5.74) is -0.327. The highest BCUT2D eigenvalue weighted by Gasteiger charge is 2.13. The van der Waals surface area contributed by atoms with Crippen LogP contribution in [0.2, 0.25) is 0 Å². The van der Waals surface area contributed by atoms with Crippen LogP contribution in [0.3, 0.4) is 0 Å². The maximum atomic E-state index is 13.8. The molecule has 0 fully saturated rings. The van der Waals surface area contributed by atoms with Gasteiger partial charge in [0.05, 0.1) is 18.6 Å². The maximum Gasteiger partial charge on any atom is 0.294 e. The molecule has 0 saturated heterocycles. The molecule has 0 saturated carbocycles. The molecule has 0 spiro atoms. The number of benzene rings is 1. The van der Waals surface area contributed by atoms with Crippen LogP contribution in [0.5, 0.6) is 11.5 Å². The van der Waals surface area contributed by atoms with Crippen LogP contribution in [0.1, 0.15) is 5.69 Å². The van der Waals surface area contributed by atoms with Crippen molar-refractivity contribution in [2.75, 3.05) is 0 Å². The minimum Gasteiger partial charge on any atom is -0.448 e. The minimum atomic E-state index is -0.796. The molecule has 0 amide bonds. The molecule has 0 aliphatic carbocycles. The van der Waals surface area contributed by atoms with Crippen molar-refractivity contribution >= 4 is 5.69 Å². The molecule has 0 aliphatic heterocycles. The molecule has 0 unspecified atom stereocenters. The van der Waals surface area contributed by atoms with Gasteiger partial charge in [0, 0.05) is 0 Å². The number of ether oxygens (including phenoxy) is 1. The molecule has 0 atom stereocenters. The van der Waals surface area contributed by atoms with Crippen LogP contribution in [0, 0.1) is 19.3 Å². The third-order valence-corrected chi connectivity index (χ3v) is 2.26. The van der Waals surface area contributed by atoms with Crippen LogP contribution < -0.4 is 10.3 Å². The topological polar surface area (TPSA) is 59.3 Å². The Morgan fingerprint density at radius 2 is 2.28 bits per heavy atom. The fourth-order valence-electron chi connectivity index (χ4n) is 1.37. The number of nitrogens with zero attached hydrogens (tertiary/aromatic N) is 2. The largest absolute Gasteiger partial charge is 0.448 e. The zero-order chi connectivity index (χ0) is 13.1. The van der Waals surface area contributed by atoms with E-state index >= 15 is 0 Å². The summed E-state index contributed by atoms with van der Waals surface area (Å²) >= 11 is 0. The van der Waals surface area contributed by atoms with E-state index in [1.165, 1.54) is 24.5 Å². The molecule has 0 radical (unpaired) electrons. The van der Waals surface area contributed by atoms with Gasteiger partial charge in [-0.25, -0.2) is 14.2 Å². The lowest BCUT2D eigenvalue weighted by Crippen LogP contribution is -2.11. The molecule has 0 bridgehead atoms. The number of hydrogen-bond donors (Lipinski definition) is 1. The van der Waals surface area contributed by atoms with Crippen molar-refractivity contribution in [1.82, 2.24) is 9.97 Å². The van der Waals surface area contributed by atoms with Crippen molar-refractivity contribution in [3.05, 3.63) is 57.8 Å². The molecular weight excluding hydrogens is 237 g/mol. The van der Waals surface area contributed by atoms with Crippen molar-refractivity contribution in [1.29, 1.82) is 0 Å². The summed E-state index contributed by atoms with van der Waals surface area (Å²) in [5, 5.41) is 0. The van der Waals surface area contributed by atoms with E-state index in [0.29, 0.717) is 5.69 Å². The molecule has 5 nitrogen and oxygen atoms in total. The Balaban J connectivity index is 2.48. The van der Waals surface area contributed by atoms with Gasteiger partial charge in [0.1, 0.15) is 0 Å². The highest BCUT2D eigenvalue weighted by molar-refractivity contribution is 5.51. The van der Waals surface area contributed by atoms with E-state index in [0.717, 1.165) is 0 Å². The Labute approximate surface area is 102 Å². The Morgan fingerprint density at radius 3 is 2.94 bits per heavy atom. The number of aryl methyl sites for hydroxylation is 1. The molecule has 1 aromatic carbocycles. The Kier molecular flexibility index (Phi) is 3.06. The zero-order valence-corrected chi connectivity index (χ0v) is 9.40. The standard InChI is InChI=1S/C12H8FN3O2/c1-7-11(12(17)16-6-15-7)18-9-5-3-4-8(14-2)10(9)13/h3-6H,1H3,(H,15,16,17). The summed E-state index contributed by atoms with van der Waals surface area (Å²) in [7, 11) is 0. The number of rotatable bonds is 2. The lowest BCUT2D eigenvalue weighted by atomic mass is 10.3. The molecule has 2 rings (SSSR count). The van der Waals surface area contributed by atoms with Crippen molar-refractivity contribution in [2.45, 2.75) is 6.92 Å². The second kappa shape index (κ2) is 4.67. The number of aromatic nitrogens is 2. The normalized spacial score (nSPS) is 9.83. The smallest absolute Gasteiger partial charge is 0.294 e. The first-order valence-electron chi connectivity index (χ1n) is 5.01. The molecule has 6 heteroatoms. The average Bonchev–Trinajstić information content (AvgIpc) is 2.36. The Morgan fingerprint density at radius 1 is 1.50 bits per heavy atom. The van der Waals surface area contributed by atoms with Gasteiger partial charge in [-0.2, -0.15) is 0 Å². The molecule has 1 N–H and O–H groups in total. The minimum absolute atomic E-state index is 0.0847. The maximum absolute atomic E-state index is 13.8. The SMILES string of the molecule is [C-]#[N+]c1cccc(Oc2c(C)nc[nH]c2=O)c1F. The average molecular weight is 245 g/mol. The van der Waals surface area contributed by atoms with Gasteiger partial charge >= 0.3 is 0 Å². The molecule has 1 heterocycles. The molecular formula is C12H8FN3O2. The number of halogens is 1. The summed E-state index contributed by atoms with van der Waals surface area (Å²) < 4.78 is 18.9. The molecule has 1 aromatic heterocycles. The first-order valence-corrected chi connectivity index (χ1v) is 5.01. The Bertz CT molecular complexity index is 688. The molecule has 0 aliphatic rings. The summed E-state index contributed by atoms with van der Waals surface area (Å²) in [5.74, 6) is -1.06. The van der Waals surface area contributed by atoms with Gasteiger partial charge in [0.15, 0.2) is 11.6 Å². The van der Waals surface area contributed by atoms with Crippen LogP contribution >= 0.6 is 0 Å². The summed E-state index contributed by atoms with van der Waals surface area (Å²) in [6, 6.07) is 4.15. The van der Waals surface area contributed by atoms with Gasteiger partial charge in [-0.15, -0.1) is 0 Å². The lowest BCUT2D eigenvalue weighted by Gasteiger charge is -2.07. The summed E-state index contributed by atoms with van der Waals surface area (Å²) in [4.78, 5) is 20.7. The summed E-state index contributed by atoms with van der Waals surface area (Å²) in [6.07, 6.45) is 1.23. The van der Waals surface area contributed by atoms with Crippen molar-refractivity contribution in [3.8, 4) is 11.5 Å². The van der Waals surface area contributed by atoms with Crippen LogP contribution in [0.25, 0.3) is 4.85 Å². The second-order valence-corrected chi connectivity index (χ2v) is 3.45. The molecule has 18 heavy (non-hydrogen) atoms. The molecule has 2 aromatic rings. The fraction of sp³-hybridized carbons (Fsp3) is 0.0833. The first-order chi connectivity index (χ1) is 8.63. The van der Waals surface area contributed by atoms with Gasteiger partial charge in [-0.1, -0.05) is 12.1 Å². The van der Waals surface area contributed by atoms with Gasteiger partial charge in [0.25, 0.3) is 5.56 Å². The van der Waals surface area contributed by atoms with E-state index in [9.17, 15) is 9.18 Å². The highest BCUT2D eigenvalue weighted by atomic mass is 19.1. The van der Waals surface area contributed by atoms with E-state index in [-0.39, 0.29) is 17.2 Å². The van der Waals surface area contributed by atoms with Crippen molar-refractivity contribution in [2.24, 2.45) is 0 Å². The summed E-state index contributed by atoms with van der Waals surface area (Å²) in [6.45, 7) is 8.37. The van der Waals surface area contributed by atoms with Gasteiger partial charge < -0.3 is 9.72 Å². The van der Waals surface area contributed by atoms with Crippen molar-refractivity contribution in [3.63, 3.8) is 0 Å². The van der Waals surface area contributed by atoms with E-state index in [4.69, 9.17) is 11.3 Å². The first kappa shape index (κ1) is 11.8. The van der Waals surface area contributed by atoms with Crippen LogP contribution in [0.4, 0.5) is 10.1 Å². The van der Waals surface area contributed by atoms with Crippen LogP contribution in [-0.4, -0.2) is 9.97 Å². The predicted molar refractivity (Wildman–Crippen MR) is 62.3 cm³/mol. The van der Waals surface area contributed by atoms with Crippen molar-refractivity contribution < 1.29 is 9.13 Å². The molecule has 90 valence electrons. The number of nitrogens with one attached hydrogen (secondary N) is 1. The number of hydrogen-bond acceptors (Lipinski definition) is 3. The third kappa shape index (κ3) is 2.06. The fourth-order valence-corrected chi connectivity index (χ4v) is 1.37. The van der Waals surface area contributed by atoms with Gasteiger partial charge in [-0.3, -0.25) is 4.79 Å². The van der Waals surface area contributed by atoms with Crippen LogP contribution in [0.15, 0.2) is 29.3 Å². The van der Waals surface area contributed by atoms with E-state index in [1.807, 2.05) is 0 Å². The monoisotopic (exact) mass is 245 g/mol. The number of H-pyrrole nitrogens is 1. The van der Waals surface area contributed by atoms with Gasteiger partial charge in [0.2, 0.25) is 11.4 Å². The van der Waals surface area contributed by atoms with Crippen LogP contribution in [-0.2, 0) is 0 Å². The quantitative estimate of drug-likeness (QED) is 0.827. The predicted octanol–water partition coefficient (Wildman–Crippen LogP) is 2.56. The zero-order valence-electron chi connectivity index (χ0n) is 9.40. The Hall–Kier alpha value is -2.68. The highest BCUT2D eigenvalue weighted by Crippen LogP contribution is 2.29. The lowest BCUT2D eigenvalue weighted by molar-refractivity contribution is 0.432. The number of aromatic amines is 1. The van der Waals surface area contributed by atoms with E-state index < -0.39 is 11.4 Å². The van der Waals surface area contributed by atoms with E-state index in [1.54, 1.807) is 6.92 Å². The van der Waals surface area contributed by atoms with Gasteiger partial charge in [-0.05, 0) is 13.0 Å². The third-order valence-electron chi connectivity index (χ3n) is 2.26. The second-order valence-electron chi connectivity index (χ2n) is 3.45. The van der Waals surface area contributed by atoms with E-state index in [2.05, 4.69) is 14.8 Å².